The van der Waals surface area contributed by atoms with E-state index in [2.05, 4.69) is 6.92 Å². The van der Waals surface area contributed by atoms with Gasteiger partial charge in [-0.3, -0.25) is 14.5 Å². The maximum atomic E-state index is 13.0. The second kappa shape index (κ2) is 11.9. The molecule has 1 aliphatic rings. The molecule has 1 heterocycles. The van der Waals surface area contributed by atoms with Crippen LogP contribution in [0.25, 0.3) is 6.08 Å². The molecule has 1 aromatic carbocycles. The molecule has 0 saturated heterocycles. The van der Waals surface area contributed by atoms with E-state index in [9.17, 15) is 14.9 Å². The standard InChI is InChI=1S/C25H32N2O4/c1-5-7-9-10-14-31-22-12-11-19(16-23(22)30-4)15-20-18(3)21(17-26)25(29)27(24(20)28)13-8-6-2/h11-12,15-16H,5-10,13-14H2,1-4H3/b20-15+. The Bertz CT molecular complexity index is 909. The van der Waals surface area contributed by atoms with Crippen LogP contribution in [0.15, 0.2) is 34.9 Å². The van der Waals surface area contributed by atoms with Gasteiger partial charge in [-0.2, -0.15) is 5.26 Å². The zero-order valence-electron chi connectivity index (χ0n) is 19.0. The van der Waals surface area contributed by atoms with Gasteiger partial charge in [-0.15, -0.1) is 0 Å². The topological polar surface area (TPSA) is 79.6 Å². The summed E-state index contributed by atoms with van der Waals surface area (Å²) in [4.78, 5) is 26.7. The molecule has 31 heavy (non-hydrogen) atoms. The van der Waals surface area contributed by atoms with Crippen molar-refractivity contribution in [1.29, 1.82) is 5.26 Å². The Morgan fingerprint density at radius 2 is 1.77 bits per heavy atom. The van der Waals surface area contributed by atoms with E-state index in [1.54, 1.807) is 26.2 Å². The highest BCUT2D eigenvalue weighted by molar-refractivity contribution is 6.19. The molecular weight excluding hydrogens is 392 g/mol. The third-order valence-corrected chi connectivity index (χ3v) is 5.31. The number of imide groups is 1. The van der Waals surface area contributed by atoms with Crippen LogP contribution in [0.5, 0.6) is 11.5 Å². The van der Waals surface area contributed by atoms with Gasteiger partial charge < -0.3 is 9.47 Å². The number of nitrogens with zero attached hydrogens (tertiary/aromatic N) is 2. The molecule has 0 atom stereocenters. The number of unbranched alkanes of at least 4 members (excludes halogenated alkanes) is 4. The van der Waals surface area contributed by atoms with E-state index < -0.39 is 5.91 Å². The summed E-state index contributed by atoms with van der Waals surface area (Å²) < 4.78 is 11.3. The Labute approximate surface area is 185 Å². The third-order valence-electron chi connectivity index (χ3n) is 5.31. The molecule has 6 heteroatoms. The zero-order chi connectivity index (χ0) is 22.8. The normalized spacial score (nSPS) is 15.5. The van der Waals surface area contributed by atoms with Crippen LogP contribution in [-0.4, -0.2) is 37.0 Å². The number of ether oxygens (including phenoxy) is 2. The van der Waals surface area contributed by atoms with Gasteiger partial charge in [0.2, 0.25) is 0 Å². The van der Waals surface area contributed by atoms with Crippen LogP contribution < -0.4 is 9.47 Å². The molecule has 2 amide bonds. The first-order valence-electron chi connectivity index (χ1n) is 11.0. The van der Waals surface area contributed by atoms with Gasteiger partial charge in [0, 0.05) is 12.1 Å². The van der Waals surface area contributed by atoms with Crippen molar-refractivity contribution in [3.8, 4) is 17.6 Å². The number of hydrogen-bond acceptors (Lipinski definition) is 5. The van der Waals surface area contributed by atoms with E-state index in [1.165, 1.54) is 17.7 Å². The summed E-state index contributed by atoms with van der Waals surface area (Å²) >= 11 is 0. The number of amides is 2. The van der Waals surface area contributed by atoms with Gasteiger partial charge in [-0.1, -0.05) is 45.6 Å². The summed E-state index contributed by atoms with van der Waals surface area (Å²) in [6, 6.07) is 7.43. The monoisotopic (exact) mass is 424 g/mol. The molecule has 1 aliphatic heterocycles. The molecule has 0 aromatic heterocycles. The van der Waals surface area contributed by atoms with Crippen molar-refractivity contribution in [3.05, 3.63) is 40.5 Å². The van der Waals surface area contributed by atoms with Crippen LogP contribution in [0.3, 0.4) is 0 Å². The van der Waals surface area contributed by atoms with Crippen molar-refractivity contribution >= 4 is 17.9 Å². The number of carbonyl (C=O) groups excluding carboxylic acids is 2. The second-order valence-corrected chi connectivity index (χ2v) is 7.60. The van der Waals surface area contributed by atoms with Gasteiger partial charge in [-0.05, 0) is 49.1 Å². The number of benzene rings is 1. The highest BCUT2D eigenvalue weighted by atomic mass is 16.5. The summed E-state index contributed by atoms with van der Waals surface area (Å²) in [7, 11) is 1.58. The first-order valence-corrected chi connectivity index (χ1v) is 11.0. The summed E-state index contributed by atoms with van der Waals surface area (Å²) in [6.45, 7) is 6.73. The van der Waals surface area contributed by atoms with E-state index in [-0.39, 0.29) is 11.5 Å². The first-order chi connectivity index (χ1) is 15.0. The summed E-state index contributed by atoms with van der Waals surface area (Å²) in [5.41, 5.74) is 1.50. The lowest BCUT2D eigenvalue weighted by Crippen LogP contribution is -2.43. The Morgan fingerprint density at radius 3 is 2.42 bits per heavy atom. The smallest absolute Gasteiger partial charge is 0.271 e. The molecule has 2 rings (SSSR count). The number of methoxy groups -OCH3 is 1. The van der Waals surface area contributed by atoms with E-state index >= 15 is 0 Å². The van der Waals surface area contributed by atoms with E-state index in [0.717, 1.165) is 24.8 Å². The summed E-state index contributed by atoms with van der Waals surface area (Å²) in [6.07, 6.45) is 7.72. The van der Waals surface area contributed by atoms with Crippen molar-refractivity contribution in [3.63, 3.8) is 0 Å². The minimum atomic E-state index is -0.514. The lowest BCUT2D eigenvalue weighted by atomic mass is 9.93. The molecule has 0 bridgehead atoms. The lowest BCUT2D eigenvalue weighted by molar-refractivity contribution is -0.140. The number of hydrogen-bond donors (Lipinski definition) is 0. The molecule has 0 radical (unpaired) electrons. The number of rotatable bonds is 11. The fourth-order valence-electron chi connectivity index (χ4n) is 3.42. The number of carbonyl (C=O) groups is 2. The molecule has 1 aromatic rings. The van der Waals surface area contributed by atoms with Gasteiger partial charge in [0.15, 0.2) is 11.5 Å². The van der Waals surface area contributed by atoms with E-state index in [1.807, 2.05) is 25.1 Å². The molecule has 166 valence electrons. The predicted octanol–water partition coefficient (Wildman–Crippen LogP) is 5.05. The highest BCUT2D eigenvalue weighted by Gasteiger charge is 2.34. The van der Waals surface area contributed by atoms with Crippen LogP contribution >= 0.6 is 0 Å². The third kappa shape index (κ3) is 5.97. The van der Waals surface area contributed by atoms with Crippen molar-refractivity contribution in [1.82, 2.24) is 4.90 Å². The maximum absolute atomic E-state index is 13.0. The molecule has 0 unspecified atom stereocenters. The molecule has 0 aliphatic carbocycles. The SMILES string of the molecule is CCCCCCOc1ccc(/C=C2/C(=O)N(CCCC)C(=O)C(C#N)=C2C)cc1OC. The Morgan fingerprint density at radius 1 is 1.03 bits per heavy atom. The van der Waals surface area contributed by atoms with Gasteiger partial charge in [0.25, 0.3) is 11.8 Å². The van der Waals surface area contributed by atoms with Crippen molar-refractivity contribution in [2.75, 3.05) is 20.3 Å². The fraction of sp³-hybridized carbons (Fsp3) is 0.480. The van der Waals surface area contributed by atoms with Crippen LogP contribution in [0.2, 0.25) is 0 Å². The largest absolute Gasteiger partial charge is 0.493 e. The predicted molar refractivity (Wildman–Crippen MR) is 121 cm³/mol. The van der Waals surface area contributed by atoms with Gasteiger partial charge >= 0.3 is 0 Å². The average molecular weight is 425 g/mol. The molecule has 0 fully saturated rings. The zero-order valence-corrected chi connectivity index (χ0v) is 19.0. The molecule has 0 saturated carbocycles. The van der Waals surface area contributed by atoms with Gasteiger partial charge in [-0.25, -0.2) is 0 Å². The maximum Gasteiger partial charge on any atom is 0.271 e. The van der Waals surface area contributed by atoms with Crippen molar-refractivity contribution in [2.24, 2.45) is 0 Å². The highest BCUT2D eigenvalue weighted by Crippen LogP contribution is 2.32. The Kier molecular flexibility index (Phi) is 9.33. The lowest BCUT2D eigenvalue weighted by Gasteiger charge is -2.27. The summed E-state index contributed by atoms with van der Waals surface area (Å²) in [5.74, 6) is 0.347. The van der Waals surface area contributed by atoms with Crippen LogP contribution in [0, 0.1) is 11.3 Å². The number of nitriles is 1. The van der Waals surface area contributed by atoms with Gasteiger partial charge in [0.05, 0.1) is 13.7 Å². The fourth-order valence-corrected chi connectivity index (χ4v) is 3.42. The molecule has 0 N–H and O–H groups in total. The van der Waals surface area contributed by atoms with Gasteiger partial charge in [0.1, 0.15) is 11.6 Å². The average Bonchev–Trinajstić information content (AvgIpc) is 2.77. The molecule has 6 nitrogen and oxygen atoms in total. The van der Waals surface area contributed by atoms with Crippen LogP contribution in [0.4, 0.5) is 0 Å². The minimum absolute atomic E-state index is 0.0148. The first kappa shape index (κ1) is 24.2. The van der Waals surface area contributed by atoms with E-state index in [4.69, 9.17) is 9.47 Å². The van der Waals surface area contributed by atoms with E-state index in [0.29, 0.717) is 42.2 Å². The summed E-state index contributed by atoms with van der Waals surface area (Å²) in [5, 5.41) is 9.47. The molecule has 0 spiro atoms. The van der Waals surface area contributed by atoms with Crippen LogP contribution in [-0.2, 0) is 9.59 Å². The molecular formula is C25H32N2O4. The van der Waals surface area contributed by atoms with Crippen molar-refractivity contribution in [2.45, 2.75) is 59.3 Å². The second-order valence-electron chi connectivity index (χ2n) is 7.60. The Hall–Kier alpha value is -3.07. The minimum Gasteiger partial charge on any atom is -0.493 e. The quantitative estimate of drug-likeness (QED) is 0.282. The Balaban J connectivity index is 2.31. The van der Waals surface area contributed by atoms with Crippen molar-refractivity contribution < 1.29 is 19.1 Å². The van der Waals surface area contributed by atoms with Crippen LogP contribution in [0.1, 0.15) is 64.9 Å².